The van der Waals surface area contributed by atoms with Gasteiger partial charge in [-0.1, -0.05) is 126 Å². The highest BCUT2D eigenvalue weighted by Crippen LogP contribution is 2.67. The van der Waals surface area contributed by atoms with Gasteiger partial charge < -0.3 is 52.2 Å². The Bertz CT molecular complexity index is 2540. The molecule has 1 aromatic rings. The lowest BCUT2D eigenvalue weighted by Gasteiger charge is -2.68. The number of carbonyl (C=O) groups is 7. The lowest BCUT2D eigenvalue weighted by molar-refractivity contribution is -0.344. The molecule has 6 rings (SSSR count). The van der Waals surface area contributed by atoms with Crippen LogP contribution in [0.1, 0.15) is 160 Å². The van der Waals surface area contributed by atoms with Gasteiger partial charge in [0.25, 0.3) is 0 Å². The molecule has 2 bridgehead atoms. The normalized spacial score (nSPS) is 29.3. The Kier molecular flexibility index (Phi) is 20.2. The second-order valence-corrected chi connectivity index (χ2v) is 35.5. The van der Waals surface area contributed by atoms with Crippen molar-refractivity contribution in [3.63, 3.8) is 0 Å². The van der Waals surface area contributed by atoms with Crippen LogP contribution in [0.15, 0.2) is 53.1 Å². The van der Waals surface area contributed by atoms with E-state index in [2.05, 4.69) is 46.9 Å². The molecule has 20 heteroatoms. The molecule has 0 aromatic heterocycles. The number of allylic oxidation sites excluding steroid dienone is 1. The molecule has 1 N–H and O–H groups in total. The molecule has 5 aliphatic rings. The van der Waals surface area contributed by atoms with Crippen LogP contribution in [0.5, 0.6) is 0 Å². The molecular weight excluding hydrogens is 1070 g/mol. The van der Waals surface area contributed by atoms with Gasteiger partial charge in [-0.25, -0.2) is 19.2 Å². The zero-order valence-electron chi connectivity index (χ0n) is 51.7. The SMILES string of the molecule is CCCCCC(=O)N[C@@H](C=C(C)C)[C@@H](O[Si](C(C)C)(C(C)C)C(C)C)C(=O)O[C@@H]1C(C)=C2[C@@H](OC(=O)N(C)C)C(=O)[C@@]3(C)C(C(OC(=O)c4ccccc4)[C@@]4(OC(=O)O[C@@H]14)C2(C)C)[C@]1(OC(C)=O)CO[C@@H]1C[C@@H]3O[Si](CC)(CC)CC. The Morgan fingerprint density at radius 2 is 1.46 bits per heavy atom. The maximum atomic E-state index is 17.0. The first-order valence-corrected chi connectivity index (χ1v) is 34.1. The van der Waals surface area contributed by atoms with Crippen LogP contribution >= 0.6 is 0 Å². The van der Waals surface area contributed by atoms with E-state index in [1.165, 1.54) is 25.9 Å². The smallest absolute Gasteiger partial charge is 0.454 e. The van der Waals surface area contributed by atoms with E-state index in [4.69, 9.17) is 42.0 Å². The summed E-state index contributed by atoms with van der Waals surface area (Å²) in [5.74, 6) is -5.04. The number of hydrogen-bond donors (Lipinski definition) is 1. The summed E-state index contributed by atoms with van der Waals surface area (Å²) in [4.78, 5) is 107. The summed E-state index contributed by atoms with van der Waals surface area (Å²) in [5, 5.41) is 3.12. The van der Waals surface area contributed by atoms with Crippen molar-refractivity contribution >= 4 is 58.5 Å². The van der Waals surface area contributed by atoms with Gasteiger partial charge in [-0.2, -0.15) is 0 Å². The summed E-state index contributed by atoms with van der Waals surface area (Å²) >= 11 is 0. The van der Waals surface area contributed by atoms with Crippen LogP contribution in [0.4, 0.5) is 9.59 Å². The van der Waals surface area contributed by atoms with E-state index in [1.54, 1.807) is 64.1 Å². The number of benzene rings is 1. The Morgan fingerprint density at radius 1 is 0.852 bits per heavy atom. The average Bonchev–Trinajstić information content (AvgIpc) is 3.03. The number of esters is 3. The van der Waals surface area contributed by atoms with Crippen molar-refractivity contribution in [3.8, 4) is 0 Å². The molecule has 12 atom stereocenters. The molecule has 0 radical (unpaired) electrons. The van der Waals surface area contributed by atoms with Crippen LogP contribution in [0, 0.1) is 16.7 Å². The van der Waals surface area contributed by atoms with Crippen molar-refractivity contribution in [2.75, 3.05) is 20.7 Å². The molecule has 2 aliphatic heterocycles. The van der Waals surface area contributed by atoms with Gasteiger partial charge in [-0.15, -0.1) is 0 Å². The van der Waals surface area contributed by atoms with Crippen LogP contribution in [0.3, 0.4) is 0 Å². The van der Waals surface area contributed by atoms with Crippen molar-refractivity contribution in [1.82, 2.24) is 10.2 Å². The highest BCUT2D eigenvalue weighted by molar-refractivity contribution is 6.77. The third kappa shape index (κ3) is 11.6. The minimum Gasteiger partial charge on any atom is -0.454 e. The second-order valence-electron chi connectivity index (χ2n) is 25.3. The van der Waals surface area contributed by atoms with Crippen molar-refractivity contribution in [2.45, 2.75) is 245 Å². The number of nitrogens with one attached hydrogen (secondary N) is 1. The maximum absolute atomic E-state index is 17.0. The number of amides is 2. The molecule has 2 saturated heterocycles. The third-order valence-corrected chi connectivity index (χ3v) is 29.7. The van der Waals surface area contributed by atoms with Crippen molar-refractivity contribution in [1.29, 1.82) is 0 Å². The quantitative estimate of drug-likeness (QED) is 0.0354. The number of ketones is 1. The van der Waals surface area contributed by atoms with E-state index in [9.17, 15) is 19.2 Å². The third-order valence-electron chi connectivity index (χ3n) is 18.9. The number of fused-ring (bicyclic) bond motifs is 4. The topological polar surface area (TPSA) is 218 Å². The van der Waals surface area contributed by atoms with Gasteiger partial charge in [0.2, 0.25) is 19.8 Å². The van der Waals surface area contributed by atoms with Crippen molar-refractivity contribution in [3.05, 3.63) is 58.7 Å². The summed E-state index contributed by atoms with van der Waals surface area (Å²) in [5.41, 5.74) is -6.74. The molecule has 452 valence electrons. The zero-order valence-corrected chi connectivity index (χ0v) is 53.7. The van der Waals surface area contributed by atoms with E-state index >= 15 is 14.4 Å². The minimum atomic E-state index is -3.06. The molecule has 2 amide bonds. The number of rotatable bonds is 23. The summed E-state index contributed by atoms with van der Waals surface area (Å²) in [6.45, 7) is 32.0. The van der Waals surface area contributed by atoms with E-state index < -0.39 is 129 Å². The number of hydrogen-bond acceptors (Lipinski definition) is 16. The van der Waals surface area contributed by atoms with Gasteiger partial charge in [-0.3, -0.25) is 14.4 Å². The summed E-state index contributed by atoms with van der Waals surface area (Å²) in [6.07, 6.45) is -8.29. The van der Waals surface area contributed by atoms with Crippen LogP contribution in [0.25, 0.3) is 0 Å². The largest absolute Gasteiger partial charge is 0.509 e. The van der Waals surface area contributed by atoms with Crippen molar-refractivity contribution in [2.24, 2.45) is 16.7 Å². The molecule has 2 unspecified atom stereocenters. The first-order valence-electron chi connectivity index (χ1n) is 29.5. The van der Waals surface area contributed by atoms with Gasteiger partial charge >= 0.3 is 30.2 Å². The molecule has 1 aromatic carbocycles. The number of ether oxygens (including phenoxy) is 7. The molecule has 2 heterocycles. The highest BCUT2D eigenvalue weighted by atomic mass is 28.4. The number of Topliss-reactive ketones (excluding diaryl/α,β-unsaturated/α-hetero) is 1. The van der Waals surface area contributed by atoms with Gasteiger partial charge in [0.15, 0.2) is 50.2 Å². The van der Waals surface area contributed by atoms with Gasteiger partial charge in [0, 0.05) is 39.3 Å². The monoisotopic (exact) mass is 1170 g/mol. The van der Waals surface area contributed by atoms with Crippen LogP contribution < -0.4 is 5.32 Å². The molecule has 2 saturated carbocycles. The van der Waals surface area contributed by atoms with E-state index in [0.717, 1.165) is 18.4 Å². The fourth-order valence-electron chi connectivity index (χ4n) is 14.7. The zero-order chi connectivity index (χ0) is 60.5. The summed E-state index contributed by atoms with van der Waals surface area (Å²) in [6, 6.07) is 9.08. The average molecular weight is 1170 g/mol. The van der Waals surface area contributed by atoms with Crippen LogP contribution in [0.2, 0.25) is 34.8 Å². The first-order chi connectivity index (χ1) is 37.9. The Hall–Kier alpha value is -4.90. The summed E-state index contributed by atoms with van der Waals surface area (Å²) < 4.78 is 61.5. The molecule has 18 nitrogen and oxygen atoms in total. The Balaban J connectivity index is 1.75. The van der Waals surface area contributed by atoms with Gasteiger partial charge in [0.1, 0.15) is 6.10 Å². The summed E-state index contributed by atoms with van der Waals surface area (Å²) in [7, 11) is -2.85. The molecule has 1 spiro atoms. The van der Waals surface area contributed by atoms with E-state index in [-0.39, 0.29) is 58.7 Å². The van der Waals surface area contributed by atoms with Crippen LogP contribution in [-0.4, -0.2) is 144 Å². The van der Waals surface area contributed by atoms with Crippen molar-refractivity contribution < 1.29 is 75.6 Å². The molecule has 3 aliphatic carbocycles. The molecule has 81 heavy (non-hydrogen) atoms. The standard InChI is InChI=1S/C61H94N2O16Si2/c1-20-24-26-31-45(65)62-42(32-35(5)6)48(79-81(36(7)8,37(9)10)38(11)12)55(68)72-47-39(13)46-49(73-56(69)63(18)19)51(66)59(17)43(78-80(21-2,22-3)23-4)33-44-60(34-71-44,76-40(14)64)50(59)53(74-54(67)41-29-27-25-28-30-41)61(58(46,15)16)52(47)75-57(70)77-61/h25,27-30,32,36-38,42-44,47-50,52-53H,20-24,26,31,33-34H2,1-19H3,(H,62,65)/t42-,43-,44+,47+,48+,49+,50?,52-,53?,59+,60-,61+/m0/s1. The second kappa shape index (κ2) is 25.1. The van der Waals surface area contributed by atoms with Crippen LogP contribution in [-0.2, 0) is 61.2 Å². The fourth-order valence-corrected chi connectivity index (χ4v) is 23.2. The highest BCUT2D eigenvalue weighted by Gasteiger charge is 2.84. The van der Waals surface area contributed by atoms with E-state index in [1.807, 2.05) is 41.5 Å². The lowest BCUT2D eigenvalue weighted by Crippen LogP contribution is -2.83. The molecule has 4 fully saturated rings. The van der Waals surface area contributed by atoms with Gasteiger partial charge in [0.05, 0.1) is 35.6 Å². The molecular formula is C61H94N2O16Si2. The van der Waals surface area contributed by atoms with E-state index in [0.29, 0.717) is 24.6 Å². The number of carbonyl (C=O) groups excluding carboxylic acids is 7. The fraction of sp³-hybridized carbons (Fsp3) is 0.721. The van der Waals surface area contributed by atoms with Gasteiger partial charge in [-0.05, 0) is 92.2 Å². The predicted octanol–water partition coefficient (Wildman–Crippen LogP) is 11.1. The number of nitrogens with zero attached hydrogens (tertiary/aromatic N) is 1. The Morgan fingerprint density at radius 3 is 1.96 bits per heavy atom. The Labute approximate surface area is 483 Å². The first kappa shape index (κ1) is 65.3. The predicted molar refractivity (Wildman–Crippen MR) is 309 cm³/mol. The lowest BCUT2D eigenvalue weighted by atomic mass is 9.44. The minimum absolute atomic E-state index is 0.0418. The number of unbranched alkanes of at least 4 members (excludes halogenated alkanes) is 2. The maximum Gasteiger partial charge on any atom is 0.509 e.